The molecule has 1 heterocycles. The summed E-state index contributed by atoms with van der Waals surface area (Å²) in [5.41, 5.74) is 0.571. The molecule has 110 valence electrons. The molecule has 2 rings (SSSR count). The van der Waals surface area contributed by atoms with Crippen molar-refractivity contribution in [2.24, 2.45) is 5.92 Å². The third-order valence-electron chi connectivity index (χ3n) is 3.77. The molecule has 0 spiro atoms. The summed E-state index contributed by atoms with van der Waals surface area (Å²) in [5.74, 6) is 0.419. The minimum absolute atomic E-state index is 0.00788. The molecule has 0 N–H and O–H groups in total. The van der Waals surface area contributed by atoms with E-state index in [4.69, 9.17) is 0 Å². The Balaban J connectivity index is 1.84. The van der Waals surface area contributed by atoms with Crippen LogP contribution in [0.25, 0.3) is 0 Å². The molecule has 0 atom stereocenters. The van der Waals surface area contributed by atoms with Crippen molar-refractivity contribution in [3.63, 3.8) is 0 Å². The van der Waals surface area contributed by atoms with Crippen molar-refractivity contribution in [2.45, 2.75) is 20.3 Å². The van der Waals surface area contributed by atoms with Crippen LogP contribution >= 0.6 is 0 Å². The molecule has 0 saturated carbocycles. The fourth-order valence-electron chi connectivity index (χ4n) is 2.39. The van der Waals surface area contributed by atoms with E-state index in [0.717, 1.165) is 32.7 Å². The van der Waals surface area contributed by atoms with Crippen molar-refractivity contribution in [1.82, 2.24) is 9.80 Å². The second-order valence-electron chi connectivity index (χ2n) is 5.82. The van der Waals surface area contributed by atoms with Crippen molar-refractivity contribution in [1.29, 1.82) is 0 Å². The number of hydrogen-bond acceptors (Lipinski definition) is 2. The number of amides is 1. The largest absolute Gasteiger partial charge is 0.336 e. The van der Waals surface area contributed by atoms with Gasteiger partial charge >= 0.3 is 0 Å². The van der Waals surface area contributed by atoms with E-state index in [0.29, 0.717) is 11.5 Å². The van der Waals surface area contributed by atoms with Gasteiger partial charge in [0.25, 0.3) is 5.91 Å². The maximum atomic E-state index is 12.9. The first-order chi connectivity index (χ1) is 9.56. The van der Waals surface area contributed by atoms with Gasteiger partial charge in [-0.25, -0.2) is 4.39 Å². The molecule has 4 heteroatoms. The highest BCUT2D eigenvalue weighted by Gasteiger charge is 2.21. The van der Waals surface area contributed by atoms with Crippen LogP contribution in [0.3, 0.4) is 0 Å². The first-order valence-corrected chi connectivity index (χ1v) is 7.33. The quantitative estimate of drug-likeness (QED) is 0.845. The highest BCUT2D eigenvalue weighted by molar-refractivity contribution is 5.94. The summed E-state index contributed by atoms with van der Waals surface area (Å²) in [6.07, 6.45) is 1.20. The molecule has 1 fully saturated rings. The lowest BCUT2D eigenvalue weighted by Crippen LogP contribution is -2.49. The van der Waals surface area contributed by atoms with Crippen molar-refractivity contribution in [3.05, 3.63) is 35.6 Å². The lowest BCUT2D eigenvalue weighted by atomic mass is 10.1. The van der Waals surface area contributed by atoms with Gasteiger partial charge in [0.2, 0.25) is 0 Å². The first kappa shape index (κ1) is 15.0. The second kappa shape index (κ2) is 6.84. The van der Waals surface area contributed by atoms with Gasteiger partial charge in [0.05, 0.1) is 0 Å². The Kier molecular flexibility index (Phi) is 5.12. The van der Waals surface area contributed by atoms with Crippen LogP contribution in [0.4, 0.5) is 4.39 Å². The van der Waals surface area contributed by atoms with Gasteiger partial charge in [-0.3, -0.25) is 9.69 Å². The lowest BCUT2D eigenvalue weighted by molar-refractivity contribution is 0.0632. The molecule has 0 aromatic heterocycles. The third kappa shape index (κ3) is 4.04. The van der Waals surface area contributed by atoms with Crippen LogP contribution < -0.4 is 0 Å². The number of piperazine rings is 1. The molecule has 20 heavy (non-hydrogen) atoms. The predicted octanol–water partition coefficient (Wildman–Crippen LogP) is 2.63. The average Bonchev–Trinajstić information content (AvgIpc) is 2.46. The Hall–Kier alpha value is -1.42. The molecule has 0 unspecified atom stereocenters. The highest BCUT2D eigenvalue weighted by Crippen LogP contribution is 2.11. The summed E-state index contributed by atoms with van der Waals surface area (Å²) >= 11 is 0. The zero-order valence-corrected chi connectivity index (χ0v) is 12.3. The maximum Gasteiger partial charge on any atom is 0.253 e. The van der Waals surface area contributed by atoms with E-state index in [-0.39, 0.29) is 11.7 Å². The molecule has 0 bridgehead atoms. The molecular weight excluding hydrogens is 255 g/mol. The summed E-state index contributed by atoms with van der Waals surface area (Å²) < 4.78 is 12.9. The standard InChI is InChI=1S/C16H23FN2O/c1-13(2)7-8-18-9-11-19(12-10-18)16(20)14-3-5-15(17)6-4-14/h3-6,13H,7-12H2,1-2H3. The monoisotopic (exact) mass is 278 g/mol. The summed E-state index contributed by atoms with van der Waals surface area (Å²) in [7, 11) is 0. The molecule has 1 aromatic carbocycles. The molecular formula is C16H23FN2O. The summed E-state index contributed by atoms with van der Waals surface area (Å²) in [6, 6.07) is 5.80. The van der Waals surface area contributed by atoms with Crippen LogP contribution in [-0.2, 0) is 0 Å². The van der Waals surface area contributed by atoms with Crippen molar-refractivity contribution >= 4 is 5.91 Å². The maximum absolute atomic E-state index is 12.9. The number of carbonyl (C=O) groups excluding carboxylic acids is 1. The van der Waals surface area contributed by atoms with E-state index in [9.17, 15) is 9.18 Å². The summed E-state index contributed by atoms with van der Waals surface area (Å²) in [6.45, 7) is 8.95. The van der Waals surface area contributed by atoms with Crippen LogP contribution in [-0.4, -0.2) is 48.4 Å². The molecule has 1 aromatic rings. The van der Waals surface area contributed by atoms with Crippen molar-refractivity contribution in [3.8, 4) is 0 Å². The minimum Gasteiger partial charge on any atom is -0.336 e. The van der Waals surface area contributed by atoms with Crippen LogP contribution in [0.1, 0.15) is 30.6 Å². The van der Waals surface area contributed by atoms with Crippen molar-refractivity contribution in [2.75, 3.05) is 32.7 Å². The Morgan fingerprint density at radius 3 is 2.30 bits per heavy atom. The van der Waals surface area contributed by atoms with Gasteiger partial charge in [0.15, 0.2) is 0 Å². The zero-order chi connectivity index (χ0) is 14.5. The number of carbonyl (C=O) groups is 1. The second-order valence-corrected chi connectivity index (χ2v) is 5.82. The topological polar surface area (TPSA) is 23.6 Å². The van der Waals surface area contributed by atoms with Gasteiger partial charge in [-0.05, 0) is 43.1 Å². The van der Waals surface area contributed by atoms with E-state index < -0.39 is 0 Å². The number of halogens is 1. The van der Waals surface area contributed by atoms with Gasteiger partial charge in [0, 0.05) is 31.7 Å². The smallest absolute Gasteiger partial charge is 0.253 e. The predicted molar refractivity (Wildman–Crippen MR) is 78.2 cm³/mol. The Morgan fingerprint density at radius 2 is 1.75 bits per heavy atom. The van der Waals surface area contributed by atoms with Crippen LogP contribution in [0, 0.1) is 11.7 Å². The van der Waals surface area contributed by atoms with E-state index in [2.05, 4.69) is 18.7 Å². The van der Waals surface area contributed by atoms with E-state index in [1.165, 1.54) is 18.6 Å². The molecule has 0 radical (unpaired) electrons. The molecule has 1 amide bonds. The average molecular weight is 278 g/mol. The first-order valence-electron chi connectivity index (χ1n) is 7.33. The van der Waals surface area contributed by atoms with Crippen molar-refractivity contribution < 1.29 is 9.18 Å². The van der Waals surface area contributed by atoms with Crippen LogP contribution in [0.2, 0.25) is 0 Å². The van der Waals surface area contributed by atoms with Crippen LogP contribution in [0.5, 0.6) is 0 Å². The summed E-state index contributed by atoms with van der Waals surface area (Å²) in [4.78, 5) is 16.5. The van der Waals surface area contributed by atoms with Gasteiger partial charge in [-0.2, -0.15) is 0 Å². The molecule has 1 aliphatic heterocycles. The van der Waals surface area contributed by atoms with E-state index in [1.807, 2.05) is 4.90 Å². The minimum atomic E-state index is -0.306. The van der Waals surface area contributed by atoms with Gasteiger partial charge in [-0.15, -0.1) is 0 Å². The normalized spacial score (nSPS) is 16.7. The van der Waals surface area contributed by atoms with Gasteiger partial charge < -0.3 is 4.90 Å². The van der Waals surface area contributed by atoms with Gasteiger partial charge in [0.1, 0.15) is 5.82 Å². The molecule has 0 aliphatic carbocycles. The van der Waals surface area contributed by atoms with Crippen LogP contribution in [0.15, 0.2) is 24.3 Å². The lowest BCUT2D eigenvalue weighted by Gasteiger charge is -2.35. The zero-order valence-electron chi connectivity index (χ0n) is 12.3. The molecule has 1 aliphatic rings. The molecule has 1 saturated heterocycles. The van der Waals surface area contributed by atoms with Gasteiger partial charge in [-0.1, -0.05) is 13.8 Å². The number of benzene rings is 1. The Labute approximate surface area is 120 Å². The molecule has 3 nitrogen and oxygen atoms in total. The van der Waals surface area contributed by atoms with E-state index in [1.54, 1.807) is 12.1 Å². The summed E-state index contributed by atoms with van der Waals surface area (Å²) in [5, 5.41) is 0. The number of hydrogen-bond donors (Lipinski definition) is 0. The Morgan fingerprint density at radius 1 is 1.15 bits per heavy atom. The number of nitrogens with zero attached hydrogens (tertiary/aromatic N) is 2. The highest BCUT2D eigenvalue weighted by atomic mass is 19.1. The van der Waals surface area contributed by atoms with E-state index >= 15 is 0 Å². The number of rotatable bonds is 4. The SMILES string of the molecule is CC(C)CCN1CCN(C(=O)c2ccc(F)cc2)CC1. The third-order valence-corrected chi connectivity index (χ3v) is 3.77. The fourth-order valence-corrected chi connectivity index (χ4v) is 2.39. The fraction of sp³-hybridized carbons (Fsp3) is 0.562. The Bertz CT molecular complexity index is 436.